The monoisotopic (exact) mass is 667 g/mol. The van der Waals surface area contributed by atoms with E-state index in [0.717, 1.165) is 53.2 Å². The van der Waals surface area contributed by atoms with E-state index >= 15 is 0 Å². The van der Waals surface area contributed by atoms with Gasteiger partial charge in [0.05, 0.1) is 56.7 Å². The van der Waals surface area contributed by atoms with Crippen molar-refractivity contribution in [1.82, 2.24) is 29.3 Å². The van der Waals surface area contributed by atoms with E-state index in [4.69, 9.17) is 25.6 Å². The highest BCUT2D eigenvalue weighted by Gasteiger charge is 2.46. The van der Waals surface area contributed by atoms with Crippen LogP contribution in [0.5, 0.6) is 0 Å². The topological polar surface area (TPSA) is 126 Å². The first-order valence-electron chi connectivity index (χ1n) is 16.9. The van der Waals surface area contributed by atoms with E-state index in [1.807, 2.05) is 36.2 Å². The molecular weight excluding hydrogens is 630 g/mol. The van der Waals surface area contributed by atoms with Gasteiger partial charge in [-0.1, -0.05) is 19.1 Å². The van der Waals surface area contributed by atoms with E-state index in [9.17, 15) is 9.59 Å². The number of aldehydes is 1. The lowest BCUT2D eigenvalue weighted by atomic mass is 9.57. The number of anilines is 4. The number of aromatic nitrogens is 6. The van der Waals surface area contributed by atoms with Gasteiger partial charge < -0.3 is 20.4 Å². The fourth-order valence-corrected chi connectivity index (χ4v) is 7.38. The predicted molar refractivity (Wildman–Crippen MR) is 190 cm³/mol. The summed E-state index contributed by atoms with van der Waals surface area (Å²) in [6.07, 6.45) is 5.33. The van der Waals surface area contributed by atoms with Gasteiger partial charge in [-0.15, -0.1) is 0 Å². The second-order valence-electron chi connectivity index (χ2n) is 13.4. The zero-order chi connectivity index (χ0) is 34.9. The maximum Gasteiger partial charge on any atom is 0.297 e. The Morgan fingerprint density at radius 3 is 2.64 bits per heavy atom. The Kier molecular flexibility index (Phi) is 7.70. The molecule has 13 nitrogen and oxygen atoms in total. The summed E-state index contributed by atoms with van der Waals surface area (Å²) in [5.74, 6) is 1.25. The molecule has 1 saturated carbocycles. The molecule has 1 saturated heterocycles. The lowest BCUT2D eigenvalue weighted by Gasteiger charge is -2.49. The molecule has 5 aromatic rings. The van der Waals surface area contributed by atoms with Crippen LogP contribution in [0.15, 0.2) is 54.7 Å². The summed E-state index contributed by atoms with van der Waals surface area (Å²) in [4.78, 5) is 38.7. The van der Waals surface area contributed by atoms with Crippen LogP contribution in [0.2, 0.25) is 0 Å². The number of carbonyl (C=O) groups is 2. The number of pyridine rings is 1. The van der Waals surface area contributed by atoms with Crippen molar-refractivity contribution < 1.29 is 19.2 Å². The van der Waals surface area contributed by atoms with Crippen molar-refractivity contribution in [2.24, 2.45) is 5.92 Å². The lowest BCUT2D eigenvalue weighted by molar-refractivity contribution is -0.892. The minimum absolute atomic E-state index is 0.0000978. The van der Waals surface area contributed by atoms with Crippen molar-refractivity contribution in [3.05, 3.63) is 77.5 Å². The highest BCUT2D eigenvalue weighted by atomic mass is 16.6. The maximum atomic E-state index is 12.6. The number of hydrogen-bond acceptors (Lipinski definition) is 9. The summed E-state index contributed by atoms with van der Waals surface area (Å²) < 4.78 is 5.26. The number of fused-ring (bicyclic) bond motifs is 4. The van der Waals surface area contributed by atoms with Crippen molar-refractivity contribution in [1.29, 1.82) is 0 Å². The fourth-order valence-electron chi connectivity index (χ4n) is 7.38. The summed E-state index contributed by atoms with van der Waals surface area (Å²) in [5, 5.41) is 14.9. The van der Waals surface area contributed by atoms with E-state index in [0.29, 0.717) is 48.0 Å². The van der Waals surface area contributed by atoms with Crippen LogP contribution in [-0.4, -0.2) is 84.4 Å². The molecule has 0 bridgehead atoms. The first kappa shape index (κ1) is 32.1. The van der Waals surface area contributed by atoms with Crippen LogP contribution in [-0.2, 0) is 10.1 Å². The summed E-state index contributed by atoms with van der Waals surface area (Å²) in [6.45, 7) is 5.23. The number of benzene rings is 1. The Hall–Kier alpha value is -5.17. The van der Waals surface area contributed by atoms with Gasteiger partial charge in [0, 0.05) is 71.5 Å². The average Bonchev–Trinajstić information content (AvgIpc) is 3.75. The maximum absolute atomic E-state index is 12.6. The minimum Gasteiger partial charge on any atom is -0.364 e. The normalized spacial score (nSPS) is 17.6. The summed E-state index contributed by atoms with van der Waals surface area (Å²) in [5.41, 5.74) is 7.47. The molecule has 8 rings (SSSR count). The second-order valence-corrected chi connectivity index (χ2v) is 13.4. The molecule has 50 heavy (non-hydrogen) atoms. The number of nitrogens with one attached hydrogen (secondary N) is 2. The lowest BCUT2D eigenvalue weighted by Crippen LogP contribution is -2.64. The summed E-state index contributed by atoms with van der Waals surface area (Å²) in [6, 6.07) is 15.2. The molecule has 1 aromatic carbocycles. The number of likely N-dealkylation sites (tertiary alicyclic amines) is 1. The van der Waals surface area contributed by atoms with Crippen LogP contribution in [0, 0.1) is 12.8 Å². The van der Waals surface area contributed by atoms with Crippen molar-refractivity contribution in [2.45, 2.75) is 50.5 Å². The molecule has 3 aliphatic rings. The molecule has 2 N–H and O–H groups in total. The Balaban J connectivity index is 1.11. The van der Waals surface area contributed by atoms with Gasteiger partial charge >= 0.3 is 0 Å². The molecule has 1 atom stereocenters. The number of rotatable bonds is 10. The van der Waals surface area contributed by atoms with Gasteiger partial charge in [-0.2, -0.15) is 14.7 Å². The predicted octanol–water partition coefficient (Wildman–Crippen LogP) is 3.06. The Labute approximate surface area is 292 Å². The van der Waals surface area contributed by atoms with Gasteiger partial charge in [-0.3, -0.25) is 19.1 Å². The third-order valence-electron chi connectivity index (χ3n) is 10.1. The van der Waals surface area contributed by atoms with Crippen LogP contribution in [0.3, 0.4) is 0 Å². The number of nitrogens with zero attached hydrogens (tertiary/aromatic N) is 8. The fraction of sp³-hybridized carbons (Fsp3) is 0.371. The third-order valence-corrected chi connectivity index (χ3v) is 10.1. The van der Waals surface area contributed by atoms with E-state index in [-0.39, 0.29) is 23.9 Å². The quantitative estimate of drug-likeness (QED) is 0.131. The molecule has 0 spiro atoms. The van der Waals surface area contributed by atoms with Crippen LogP contribution in [0.4, 0.5) is 23.0 Å². The number of hydrogen-bond donors (Lipinski definition) is 2. The van der Waals surface area contributed by atoms with Gasteiger partial charge in [0.2, 0.25) is 17.9 Å². The van der Waals surface area contributed by atoms with E-state index in [1.54, 1.807) is 22.7 Å². The minimum atomic E-state index is -1.38. The second kappa shape index (κ2) is 12.0. The Bertz CT molecular complexity index is 2150. The third kappa shape index (κ3) is 5.13. The molecule has 1 amide bonds. The highest BCUT2D eigenvalue weighted by Crippen LogP contribution is 2.50. The molecule has 1 aliphatic carbocycles. The molecule has 4 radical (unpaired) electrons. The van der Waals surface area contributed by atoms with E-state index in [2.05, 4.69) is 56.4 Å². The Morgan fingerprint density at radius 2 is 1.92 bits per heavy atom. The highest BCUT2D eigenvalue weighted by molar-refractivity contribution is 6.39. The molecule has 250 valence electrons. The van der Waals surface area contributed by atoms with E-state index < -0.39 is 5.34 Å². The smallest absolute Gasteiger partial charge is 0.297 e. The Morgan fingerprint density at radius 1 is 1.14 bits per heavy atom. The molecule has 2 fully saturated rings. The molecule has 15 heteroatoms. The van der Waals surface area contributed by atoms with Crippen LogP contribution in [0.1, 0.15) is 65.8 Å². The zero-order valence-electron chi connectivity index (χ0n) is 28.5. The standard InChI is InChI=1S/C35H36B2N10O3/c1-5-27-33-25(16-38-45(33)23-17-44(18-23)35(36,37)28-11-6-8-22(19-48)47(28)50-4)24-9-7-10-26(32(24)43(27)3)39-31-15-29(41-34(49)21-12-13-21)40-30-14-20(2)42-46(30)31/h6-11,14-16,19,21,23,27H,5,12-13,17-18H2,1-4H3,(H-,39,40,41,42,49)/p+1. The molecule has 2 aliphatic heterocycles. The van der Waals surface area contributed by atoms with Gasteiger partial charge in [-0.25, -0.2) is 4.98 Å². The van der Waals surface area contributed by atoms with Crippen molar-refractivity contribution in [3.63, 3.8) is 0 Å². The van der Waals surface area contributed by atoms with Gasteiger partial charge in [0.1, 0.15) is 18.7 Å². The van der Waals surface area contributed by atoms with Crippen molar-refractivity contribution in [3.8, 4) is 11.1 Å². The molecule has 6 heterocycles. The zero-order valence-corrected chi connectivity index (χ0v) is 28.5. The van der Waals surface area contributed by atoms with Crippen LogP contribution >= 0.6 is 0 Å². The van der Waals surface area contributed by atoms with Crippen LogP contribution in [0.25, 0.3) is 16.8 Å². The van der Waals surface area contributed by atoms with Crippen molar-refractivity contribution in [2.75, 3.05) is 42.8 Å². The number of carbonyl (C=O) groups excluding carboxylic acids is 2. The average molecular weight is 667 g/mol. The number of aryl methyl sites for hydroxylation is 1. The largest absolute Gasteiger partial charge is 0.364 e. The number of para-hydroxylation sites is 1. The first-order valence-corrected chi connectivity index (χ1v) is 16.9. The van der Waals surface area contributed by atoms with Gasteiger partial charge in [0.15, 0.2) is 5.65 Å². The van der Waals surface area contributed by atoms with Gasteiger partial charge in [0.25, 0.3) is 5.69 Å². The van der Waals surface area contributed by atoms with Crippen molar-refractivity contribution >= 4 is 56.5 Å². The van der Waals surface area contributed by atoms with Gasteiger partial charge in [-0.05, 0) is 38.3 Å². The summed E-state index contributed by atoms with van der Waals surface area (Å²) in [7, 11) is 17.0. The number of amides is 1. The van der Waals surface area contributed by atoms with Crippen LogP contribution < -0.4 is 25.1 Å². The first-order chi connectivity index (χ1) is 24.1. The SMILES string of the molecule is [B]C([B])(c1cccc(C=O)[n+]1OC)N1CC(n2ncc3c2C(CC)N(C)c2c(Nc4cc(NC(=O)C5CC5)nc5cc(C)nn45)cccc2-3)C1. The molecule has 1 unspecified atom stereocenters. The summed E-state index contributed by atoms with van der Waals surface area (Å²) >= 11 is 0. The molecular formula is C35H37B2N10O3+. The van der Waals surface area contributed by atoms with E-state index in [1.165, 1.54) is 11.8 Å². The molecule has 4 aromatic heterocycles.